The molecule has 0 radical (unpaired) electrons. The number of unbranched alkanes of at least 4 members (excludes halogenated alkanes) is 1. The van der Waals surface area contributed by atoms with Crippen molar-refractivity contribution in [1.29, 1.82) is 0 Å². The Morgan fingerprint density at radius 2 is 1.70 bits per heavy atom. The highest BCUT2D eigenvalue weighted by Gasteiger charge is 2.27. The van der Waals surface area contributed by atoms with Gasteiger partial charge in [-0.05, 0) is 74.6 Å². The molecule has 2 aromatic heterocycles. The van der Waals surface area contributed by atoms with Gasteiger partial charge in [-0.3, -0.25) is 4.79 Å². The Labute approximate surface area is 297 Å². The summed E-state index contributed by atoms with van der Waals surface area (Å²) in [5, 5.41) is 16.4. The summed E-state index contributed by atoms with van der Waals surface area (Å²) in [4.78, 5) is 24.8. The molecule has 3 aromatic carbocycles. The zero-order chi connectivity index (χ0) is 35.9. The first-order valence-corrected chi connectivity index (χ1v) is 16.6. The Kier molecular flexibility index (Phi) is 14.3. The van der Waals surface area contributed by atoms with Crippen LogP contribution in [0.4, 0.5) is 15.0 Å². The Morgan fingerprint density at radius 3 is 2.30 bits per heavy atom. The first kappa shape index (κ1) is 37.5. The number of imide groups is 1. The highest BCUT2D eigenvalue weighted by atomic mass is 35.5. The summed E-state index contributed by atoms with van der Waals surface area (Å²) in [6, 6.07) is 24.9. The lowest BCUT2D eigenvalue weighted by Gasteiger charge is -2.12. The molecular weight excluding hydrogens is 659 g/mol. The van der Waals surface area contributed by atoms with Crippen molar-refractivity contribution in [3.63, 3.8) is 0 Å². The number of amides is 2. The van der Waals surface area contributed by atoms with E-state index in [2.05, 4.69) is 34.6 Å². The fraction of sp³-hybridized carbons (Fsp3) is 0.289. The summed E-state index contributed by atoms with van der Waals surface area (Å²) in [5.74, 6) is 1.14. The summed E-state index contributed by atoms with van der Waals surface area (Å²) in [6.07, 6.45) is 4.65. The predicted molar refractivity (Wildman–Crippen MR) is 193 cm³/mol. The van der Waals surface area contributed by atoms with Crippen LogP contribution in [0.1, 0.15) is 41.5 Å². The fourth-order valence-corrected chi connectivity index (χ4v) is 4.99. The molecule has 0 bridgehead atoms. The highest BCUT2D eigenvalue weighted by molar-refractivity contribution is 6.30. The molecule has 0 unspecified atom stereocenters. The number of carbonyl (C=O) groups is 2. The van der Waals surface area contributed by atoms with E-state index in [-0.39, 0.29) is 23.4 Å². The smallest absolute Gasteiger partial charge is 0.416 e. The van der Waals surface area contributed by atoms with Gasteiger partial charge in [0.2, 0.25) is 5.91 Å². The Bertz CT molecular complexity index is 1840. The Hall–Kier alpha value is -5.29. The second kappa shape index (κ2) is 19.0. The fourth-order valence-electron chi connectivity index (χ4n) is 4.87. The van der Waals surface area contributed by atoms with Gasteiger partial charge in [-0.15, -0.1) is 0 Å². The van der Waals surface area contributed by atoms with Crippen LogP contribution in [0.2, 0.25) is 5.02 Å². The number of methoxy groups -OCH3 is 1. The average molecular weight is 701 g/mol. The van der Waals surface area contributed by atoms with Crippen molar-refractivity contribution in [2.45, 2.75) is 46.6 Å². The maximum Gasteiger partial charge on any atom is 0.416 e. The Morgan fingerprint density at radius 1 is 0.960 bits per heavy atom. The lowest BCUT2D eigenvalue weighted by Crippen LogP contribution is -2.31. The third-order valence-corrected chi connectivity index (χ3v) is 7.98. The molecule has 3 heterocycles. The molecule has 1 aliphatic rings. The number of benzene rings is 3. The maximum absolute atomic E-state index is 12.4. The van der Waals surface area contributed by atoms with Crippen LogP contribution in [0, 0.1) is 26.6 Å². The largest absolute Gasteiger partial charge is 0.497 e. The van der Waals surface area contributed by atoms with Crippen molar-refractivity contribution < 1.29 is 23.5 Å². The second-order valence-electron chi connectivity index (χ2n) is 11.6. The molecule has 262 valence electrons. The highest BCUT2D eigenvalue weighted by Crippen LogP contribution is 2.25. The molecule has 5 aromatic rings. The molecule has 0 spiro atoms. The minimum absolute atomic E-state index is 0.181. The maximum atomic E-state index is 12.4. The molecule has 1 N–H and O–H groups in total. The first-order chi connectivity index (χ1) is 24.1. The van der Waals surface area contributed by atoms with E-state index in [0.29, 0.717) is 32.5 Å². The molecule has 0 saturated carbocycles. The minimum Gasteiger partial charge on any atom is -0.497 e. The van der Waals surface area contributed by atoms with Gasteiger partial charge in [-0.1, -0.05) is 65.7 Å². The van der Waals surface area contributed by atoms with E-state index in [1.54, 1.807) is 31.6 Å². The van der Waals surface area contributed by atoms with Crippen LogP contribution < -0.4 is 10.1 Å². The van der Waals surface area contributed by atoms with Crippen molar-refractivity contribution in [2.75, 3.05) is 32.1 Å². The van der Waals surface area contributed by atoms with Crippen molar-refractivity contribution in [3.8, 4) is 17.0 Å². The number of carbonyl (C=O) groups excluding carboxylic acids is 2. The molecule has 1 saturated heterocycles. The summed E-state index contributed by atoms with van der Waals surface area (Å²) in [6.45, 7) is 7.75. The van der Waals surface area contributed by atoms with Gasteiger partial charge in [0, 0.05) is 24.6 Å². The van der Waals surface area contributed by atoms with E-state index in [0.717, 1.165) is 45.9 Å². The van der Waals surface area contributed by atoms with Crippen LogP contribution in [0.15, 0.2) is 91.3 Å². The molecule has 0 aliphatic carbocycles. The number of anilines is 1. The molecular formula is C38H42ClFN6O4. The molecule has 2 amide bonds. The van der Waals surface area contributed by atoms with Crippen molar-refractivity contribution in [1.82, 2.24) is 24.9 Å². The van der Waals surface area contributed by atoms with Crippen molar-refractivity contribution in [3.05, 3.63) is 124 Å². The van der Waals surface area contributed by atoms with E-state index in [4.69, 9.17) is 26.2 Å². The number of hydrogen-bond acceptors (Lipinski definition) is 8. The topological polar surface area (TPSA) is 111 Å². The lowest BCUT2D eigenvalue weighted by atomic mass is 10.1. The van der Waals surface area contributed by atoms with Gasteiger partial charge in [0.05, 0.1) is 43.3 Å². The van der Waals surface area contributed by atoms with Crippen LogP contribution in [0.3, 0.4) is 0 Å². The van der Waals surface area contributed by atoms with Crippen LogP contribution in [-0.4, -0.2) is 63.7 Å². The van der Waals surface area contributed by atoms with E-state index < -0.39 is 6.09 Å². The lowest BCUT2D eigenvalue weighted by molar-refractivity contribution is -0.127. The molecule has 1 fully saturated rings. The molecule has 0 atom stereocenters. The van der Waals surface area contributed by atoms with Crippen molar-refractivity contribution >= 4 is 29.4 Å². The number of rotatable bonds is 10. The summed E-state index contributed by atoms with van der Waals surface area (Å²) >= 11 is 5.41. The van der Waals surface area contributed by atoms with Crippen LogP contribution in [0.5, 0.6) is 5.75 Å². The number of aryl methyl sites for hydroxylation is 3. The van der Waals surface area contributed by atoms with Crippen LogP contribution >= 0.6 is 11.6 Å². The first-order valence-electron chi connectivity index (χ1n) is 16.3. The van der Waals surface area contributed by atoms with Gasteiger partial charge in [0.25, 0.3) is 0 Å². The number of halogens is 2. The number of aromatic nitrogens is 4. The van der Waals surface area contributed by atoms with Gasteiger partial charge in [-0.25, -0.2) is 18.8 Å². The molecule has 1 aliphatic heterocycles. The summed E-state index contributed by atoms with van der Waals surface area (Å²) in [5.41, 5.74) is 6.03. The van der Waals surface area contributed by atoms with E-state index in [9.17, 15) is 14.0 Å². The predicted octanol–water partition coefficient (Wildman–Crippen LogP) is 8.05. The SMILES string of the molecule is COc1ccc(Cn2nc(-c3cnncc3C)cc2NCCCCC(=O)N2CCOC2=O)cc1.Cc1ccc(Cl)c(F)c1.Cc1ccccc1. The van der Waals surface area contributed by atoms with Gasteiger partial charge < -0.3 is 14.8 Å². The summed E-state index contributed by atoms with van der Waals surface area (Å²) < 4.78 is 24.4. The quantitative estimate of drug-likeness (QED) is 0.146. The number of ether oxygens (including phenoxy) is 2. The number of nitrogens with one attached hydrogen (secondary N) is 1. The zero-order valence-corrected chi connectivity index (χ0v) is 29.5. The standard InChI is InChI=1S/C24H28N6O4.C7H6ClF.C7H8/c1-17-14-26-27-15-20(17)21-13-22(30(28-21)16-18-6-8-19(33-2)9-7-18)25-10-4-3-5-23(31)29-11-12-34-24(29)32;1-5-2-3-6(8)7(9)4-5;1-7-5-3-2-4-6-7/h6-9,13-15,25H,3-5,10-12,16H2,1-2H3;2-4H,1H3;2-6H,1H3. The number of nitrogens with zero attached hydrogens (tertiary/aromatic N) is 5. The third-order valence-electron chi connectivity index (χ3n) is 7.68. The average Bonchev–Trinajstić information content (AvgIpc) is 3.73. The van der Waals surface area contributed by atoms with Gasteiger partial charge >= 0.3 is 6.09 Å². The third kappa shape index (κ3) is 11.4. The van der Waals surface area contributed by atoms with Crippen LogP contribution in [0.25, 0.3) is 11.3 Å². The Balaban J connectivity index is 0.000000286. The molecule has 10 nitrogen and oxygen atoms in total. The minimum atomic E-state index is -0.543. The van der Waals surface area contributed by atoms with Gasteiger partial charge in [0.1, 0.15) is 24.0 Å². The van der Waals surface area contributed by atoms with E-state index in [1.165, 1.54) is 16.5 Å². The second-order valence-corrected chi connectivity index (χ2v) is 12.0. The number of hydrogen-bond donors (Lipinski definition) is 1. The normalized spacial score (nSPS) is 11.9. The molecule has 6 rings (SSSR count). The monoisotopic (exact) mass is 700 g/mol. The van der Waals surface area contributed by atoms with Crippen molar-refractivity contribution in [2.24, 2.45) is 0 Å². The zero-order valence-electron chi connectivity index (χ0n) is 28.7. The summed E-state index contributed by atoms with van der Waals surface area (Å²) in [7, 11) is 1.65. The van der Waals surface area contributed by atoms with Gasteiger partial charge in [-0.2, -0.15) is 15.3 Å². The van der Waals surface area contributed by atoms with Gasteiger partial charge in [0.15, 0.2) is 0 Å². The number of cyclic esters (lactones) is 1. The van der Waals surface area contributed by atoms with E-state index in [1.807, 2.05) is 67.1 Å². The molecule has 12 heteroatoms. The van der Waals surface area contributed by atoms with Crippen LogP contribution in [-0.2, 0) is 16.1 Å². The molecule has 50 heavy (non-hydrogen) atoms. The van der Waals surface area contributed by atoms with E-state index >= 15 is 0 Å².